The topological polar surface area (TPSA) is 76.4 Å². The second-order valence-corrected chi connectivity index (χ2v) is 6.59. The minimum absolute atomic E-state index is 0.260. The standard InChI is InChI=1S/C8H9NO4S2/c1-3-4-6(14)5-7(12-4)8(3,2-9)15(10,11)13-5/h3-7,14H,1H3. The molecule has 0 aromatic carbocycles. The average molecular weight is 247 g/mol. The van der Waals surface area contributed by atoms with Gasteiger partial charge in [-0.25, -0.2) is 0 Å². The molecule has 3 saturated heterocycles. The van der Waals surface area contributed by atoms with Crippen LogP contribution in [0.4, 0.5) is 0 Å². The van der Waals surface area contributed by atoms with E-state index < -0.39 is 33.0 Å². The summed E-state index contributed by atoms with van der Waals surface area (Å²) in [6.07, 6.45) is -1.57. The molecule has 82 valence electrons. The van der Waals surface area contributed by atoms with E-state index in [2.05, 4.69) is 12.6 Å². The predicted molar refractivity (Wildman–Crippen MR) is 52.7 cm³/mol. The Labute approximate surface area is 92.9 Å². The first-order valence-corrected chi connectivity index (χ1v) is 6.56. The van der Waals surface area contributed by atoms with E-state index in [4.69, 9.17) is 14.2 Å². The van der Waals surface area contributed by atoms with Gasteiger partial charge in [0.05, 0.1) is 17.4 Å². The Balaban J connectivity index is 2.27. The SMILES string of the molecule is CC1C2OC3C(OS(=O)(=O)C13C#N)C2S. The van der Waals surface area contributed by atoms with Crippen LogP contribution in [0.15, 0.2) is 0 Å². The first-order chi connectivity index (χ1) is 6.95. The summed E-state index contributed by atoms with van der Waals surface area (Å²) in [4.78, 5) is 0. The van der Waals surface area contributed by atoms with Gasteiger partial charge in [0.1, 0.15) is 12.2 Å². The van der Waals surface area contributed by atoms with Crippen molar-refractivity contribution in [3.05, 3.63) is 0 Å². The lowest BCUT2D eigenvalue weighted by Gasteiger charge is -2.27. The molecule has 0 amide bonds. The third-order valence-corrected chi connectivity index (χ3v) is 6.28. The van der Waals surface area contributed by atoms with Crippen molar-refractivity contribution in [3.63, 3.8) is 0 Å². The lowest BCUT2D eigenvalue weighted by Crippen LogP contribution is -2.51. The van der Waals surface area contributed by atoms with E-state index in [-0.39, 0.29) is 11.4 Å². The smallest absolute Gasteiger partial charge is 0.290 e. The van der Waals surface area contributed by atoms with Gasteiger partial charge in [-0.3, -0.25) is 4.18 Å². The van der Waals surface area contributed by atoms with Crippen LogP contribution in [0.3, 0.4) is 0 Å². The van der Waals surface area contributed by atoms with Gasteiger partial charge in [0, 0.05) is 5.92 Å². The number of fused-ring (bicyclic) bond motifs is 1. The van der Waals surface area contributed by atoms with Crippen LogP contribution in [-0.2, 0) is 19.0 Å². The number of hydrogen-bond donors (Lipinski definition) is 1. The second kappa shape index (κ2) is 2.51. The highest BCUT2D eigenvalue weighted by Gasteiger charge is 2.78. The maximum Gasteiger partial charge on any atom is 0.290 e. The summed E-state index contributed by atoms with van der Waals surface area (Å²) in [5.74, 6) is -0.390. The first kappa shape index (κ1) is 9.90. The van der Waals surface area contributed by atoms with Crippen LogP contribution in [0, 0.1) is 17.2 Å². The molecule has 6 atom stereocenters. The van der Waals surface area contributed by atoms with Gasteiger partial charge in [0.15, 0.2) is 0 Å². The molecule has 0 aliphatic carbocycles. The molecule has 3 rings (SSSR count). The summed E-state index contributed by atoms with van der Waals surface area (Å²) in [5, 5.41) is 8.88. The van der Waals surface area contributed by atoms with Crippen molar-refractivity contribution in [1.82, 2.24) is 0 Å². The Morgan fingerprint density at radius 3 is 2.67 bits per heavy atom. The minimum Gasteiger partial charge on any atom is -0.368 e. The van der Waals surface area contributed by atoms with Crippen LogP contribution in [0.1, 0.15) is 6.92 Å². The predicted octanol–water partition coefficient (Wildman–Crippen LogP) is -0.307. The van der Waals surface area contributed by atoms with Gasteiger partial charge in [-0.15, -0.1) is 0 Å². The van der Waals surface area contributed by atoms with Crippen LogP contribution in [0.25, 0.3) is 0 Å². The van der Waals surface area contributed by atoms with Gasteiger partial charge >= 0.3 is 0 Å². The molecule has 0 spiro atoms. The van der Waals surface area contributed by atoms with Gasteiger partial charge in [0.25, 0.3) is 10.1 Å². The Kier molecular flexibility index (Phi) is 1.66. The minimum atomic E-state index is -3.86. The van der Waals surface area contributed by atoms with E-state index >= 15 is 0 Å². The van der Waals surface area contributed by atoms with Crippen molar-refractivity contribution in [3.8, 4) is 6.07 Å². The van der Waals surface area contributed by atoms with Crippen LogP contribution in [0.5, 0.6) is 0 Å². The fourth-order valence-electron chi connectivity index (χ4n) is 2.88. The number of nitriles is 1. The first-order valence-electron chi connectivity index (χ1n) is 4.63. The molecule has 3 fully saturated rings. The Bertz CT molecular complexity index is 470. The van der Waals surface area contributed by atoms with E-state index in [0.29, 0.717) is 0 Å². The molecule has 6 unspecified atom stereocenters. The molecule has 0 aromatic heterocycles. The summed E-state index contributed by atoms with van der Waals surface area (Å²) in [7, 11) is -3.86. The Hall–Kier alpha value is -0.290. The third kappa shape index (κ3) is 0.792. The van der Waals surface area contributed by atoms with E-state index in [9.17, 15) is 8.42 Å². The second-order valence-electron chi connectivity index (χ2n) is 4.22. The molecule has 0 radical (unpaired) electrons. The van der Waals surface area contributed by atoms with E-state index in [1.165, 1.54) is 0 Å². The summed E-state index contributed by atoms with van der Waals surface area (Å²) in [5.41, 5.74) is 0. The maximum atomic E-state index is 11.8. The van der Waals surface area contributed by atoms with Crippen molar-refractivity contribution < 1.29 is 17.3 Å². The highest BCUT2D eigenvalue weighted by Crippen LogP contribution is 2.57. The normalized spacial score (nSPS) is 59.4. The zero-order chi connectivity index (χ0) is 11.0. The highest BCUT2D eigenvalue weighted by atomic mass is 32.2. The molecule has 0 N–H and O–H groups in total. The monoisotopic (exact) mass is 247 g/mol. The lowest BCUT2D eigenvalue weighted by molar-refractivity contribution is 0.0754. The van der Waals surface area contributed by atoms with Gasteiger partial charge in [-0.2, -0.15) is 26.3 Å². The van der Waals surface area contributed by atoms with Crippen molar-refractivity contribution in [1.29, 1.82) is 5.26 Å². The summed E-state index contributed by atoms with van der Waals surface area (Å²) in [6, 6.07) is 1.89. The number of rotatable bonds is 0. The summed E-state index contributed by atoms with van der Waals surface area (Å²) < 4.78 is 32.6. The molecule has 5 nitrogen and oxygen atoms in total. The molecular weight excluding hydrogens is 238 g/mol. The molecule has 15 heavy (non-hydrogen) atoms. The van der Waals surface area contributed by atoms with Crippen LogP contribution in [0.2, 0.25) is 0 Å². The molecule has 3 aliphatic heterocycles. The third-order valence-electron chi connectivity index (χ3n) is 3.69. The molecule has 0 saturated carbocycles. The van der Waals surface area contributed by atoms with Crippen LogP contribution in [-0.4, -0.2) is 36.7 Å². The highest BCUT2D eigenvalue weighted by molar-refractivity contribution is 7.89. The number of thiol groups is 1. The fourth-order valence-corrected chi connectivity index (χ4v) is 5.36. The summed E-state index contributed by atoms with van der Waals surface area (Å²) >= 11 is 4.29. The molecule has 7 heteroatoms. The van der Waals surface area contributed by atoms with Gasteiger partial charge in [0.2, 0.25) is 4.75 Å². The summed E-state index contributed by atoms with van der Waals surface area (Å²) in [6.45, 7) is 1.71. The van der Waals surface area contributed by atoms with E-state index in [1.54, 1.807) is 6.92 Å². The van der Waals surface area contributed by atoms with Crippen molar-refractivity contribution in [2.45, 2.75) is 35.2 Å². The van der Waals surface area contributed by atoms with Crippen molar-refractivity contribution >= 4 is 22.7 Å². The lowest BCUT2D eigenvalue weighted by atomic mass is 9.79. The van der Waals surface area contributed by atoms with Crippen LogP contribution >= 0.6 is 12.6 Å². The van der Waals surface area contributed by atoms with Gasteiger partial charge < -0.3 is 4.74 Å². The Morgan fingerprint density at radius 1 is 1.47 bits per heavy atom. The van der Waals surface area contributed by atoms with Gasteiger partial charge in [-0.1, -0.05) is 6.92 Å². The van der Waals surface area contributed by atoms with Crippen LogP contribution < -0.4 is 0 Å². The van der Waals surface area contributed by atoms with E-state index in [0.717, 1.165) is 0 Å². The van der Waals surface area contributed by atoms with Crippen molar-refractivity contribution in [2.24, 2.45) is 5.92 Å². The average Bonchev–Trinajstić information content (AvgIpc) is 2.68. The zero-order valence-corrected chi connectivity index (χ0v) is 9.53. The molecule has 0 aromatic rings. The maximum absolute atomic E-state index is 11.8. The van der Waals surface area contributed by atoms with Crippen molar-refractivity contribution in [2.75, 3.05) is 0 Å². The van der Waals surface area contributed by atoms with E-state index in [1.807, 2.05) is 6.07 Å². The molecular formula is C8H9NO4S2. The molecule has 3 heterocycles. The number of hydrogen-bond acceptors (Lipinski definition) is 6. The Morgan fingerprint density at radius 2 is 2.13 bits per heavy atom. The molecule has 3 aliphatic rings. The fraction of sp³-hybridized carbons (Fsp3) is 0.875. The van der Waals surface area contributed by atoms with Gasteiger partial charge in [-0.05, 0) is 0 Å². The largest absolute Gasteiger partial charge is 0.368 e. The quantitative estimate of drug-likeness (QED) is 0.469. The zero-order valence-electron chi connectivity index (χ0n) is 7.82. The molecule has 2 bridgehead atoms. The number of nitrogens with zero attached hydrogens (tertiary/aromatic N) is 1. The number of ether oxygens (including phenoxy) is 1.